The molecule has 0 bridgehead atoms. The number of hydrogen-bond acceptors (Lipinski definition) is 2. The van der Waals surface area contributed by atoms with Crippen LogP contribution in [0, 0.1) is 0 Å². The van der Waals surface area contributed by atoms with E-state index in [0.29, 0.717) is 12.6 Å². The van der Waals surface area contributed by atoms with Crippen molar-refractivity contribution in [1.82, 2.24) is 9.88 Å². The highest BCUT2D eigenvalue weighted by Gasteiger charge is 2.07. The lowest BCUT2D eigenvalue weighted by atomic mass is 10.1. The van der Waals surface area contributed by atoms with E-state index in [9.17, 15) is 0 Å². The van der Waals surface area contributed by atoms with Crippen LogP contribution in [0.2, 0.25) is 0 Å². The van der Waals surface area contributed by atoms with Crippen LogP contribution in [0.5, 0.6) is 0 Å². The van der Waals surface area contributed by atoms with E-state index in [1.165, 1.54) is 5.56 Å². The highest BCUT2D eigenvalue weighted by atomic mass is 16.2. The molecule has 0 aliphatic carbocycles. The molecule has 3 nitrogen and oxygen atoms in total. The zero-order valence-electron chi connectivity index (χ0n) is 9.74. The Bertz CT molecular complexity index is 266. The summed E-state index contributed by atoms with van der Waals surface area (Å²) in [6, 6.07) is 2.63. The molecule has 0 radical (unpaired) electrons. The average molecular weight is 210 g/mol. The second-order valence-electron chi connectivity index (χ2n) is 3.86. The Hall–Kier alpha value is -0.800. The third-order valence-corrected chi connectivity index (χ3v) is 2.76. The van der Waals surface area contributed by atoms with Gasteiger partial charge < -0.3 is 15.0 Å². The molecule has 1 aromatic rings. The highest BCUT2D eigenvalue weighted by Crippen LogP contribution is 2.16. The van der Waals surface area contributed by atoms with Crippen LogP contribution in [-0.2, 0) is 6.54 Å². The summed E-state index contributed by atoms with van der Waals surface area (Å²) in [6.07, 6.45) is 7.35. The summed E-state index contributed by atoms with van der Waals surface area (Å²) in [5.41, 5.74) is 1.35. The average Bonchev–Trinajstić information content (AvgIpc) is 2.69. The number of aryl methyl sites for hydroxylation is 1. The van der Waals surface area contributed by atoms with Crippen molar-refractivity contribution in [1.29, 1.82) is 0 Å². The standard InChI is InChI=1S/C12H22N2O/c1-3-12(13-2)11-6-8-14(10-11)7-4-5-9-15/h6,8,10,12-13,15H,3-5,7,9H2,1-2H3. The number of aliphatic hydroxyl groups excluding tert-OH is 1. The molecule has 1 aromatic heterocycles. The first-order valence-electron chi connectivity index (χ1n) is 5.75. The molecule has 0 saturated heterocycles. The molecular formula is C12H22N2O. The van der Waals surface area contributed by atoms with E-state index in [4.69, 9.17) is 5.11 Å². The summed E-state index contributed by atoms with van der Waals surface area (Å²) in [5.74, 6) is 0. The zero-order chi connectivity index (χ0) is 11.1. The van der Waals surface area contributed by atoms with Gasteiger partial charge in [-0.15, -0.1) is 0 Å². The van der Waals surface area contributed by atoms with Crippen LogP contribution >= 0.6 is 0 Å². The topological polar surface area (TPSA) is 37.2 Å². The molecule has 0 aromatic carbocycles. The molecule has 1 unspecified atom stereocenters. The molecular weight excluding hydrogens is 188 g/mol. The van der Waals surface area contributed by atoms with Crippen molar-refractivity contribution in [2.24, 2.45) is 0 Å². The van der Waals surface area contributed by atoms with Gasteiger partial charge in [-0.05, 0) is 37.9 Å². The third kappa shape index (κ3) is 3.68. The van der Waals surface area contributed by atoms with Crippen molar-refractivity contribution in [2.45, 2.75) is 38.8 Å². The molecule has 0 amide bonds. The monoisotopic (exact) mass is 210 g/mol. The number of hydrogen-bond donors (Lipinski definition) is 2. The fraction of sp³-hybridized carbons (Fsp3) is 0.667. The van der Waals surface area contributed by atoms with Gasteiger partial charge in [-0.1, -0.05) is 6.92 Å². The predicted molar refractivity (Wildman–Crippen MR) is 62.8 cm³/mol. The molecule has 1 heterocycles. The maximum Gasteiger partial charge on any atom is 0.0431 e. The minimum absolute atomic E-state index is 0.294. The smallest absolute Gasteiger partial charge is 0.0431 e. The summed E-state index contributed by atoms with van der Waals surface area (Å²) in [6.45, 7) is 3.48. The predicted octanol–water partition coefficient (Wildman–Crippen LogP) is 1.93. The quantitative estimate of drug-likeness (QED) is 0.675. The molecule has 0 aliphatic heterocycles. The van der Waals surface area contributed by atoms with E-state index in [2.05, 4.69) is 35.3 Å². The van der Waals surface area contributed by atoms with Gasteiger partial charge in [0.25, 0.3) is 0 Å². The summed E-state index contributed by atoms with van der Waals surface area (Å²) >= 11 is 0. The summed E-state index contributed by atoms with van der Waals surface area (Å²) in [7, 11) is 2.00. The number of nitrogens with zero attached hydrogens (tertiary/aromatic N) is 1. The second-order valence-corrected chi connectivity index (χ2v) is 3.86. The number of unbranched alkanes of at least 4 members (excludes halogenated alkanes) is 1. The summed E-state index contributed by atoms with van der Waals surface area (Å²) < 4.78 is 2.20. The van der Waals surface area contributed by atoms with E-state index in [1.807, 2.05) is 7.05 Å². The van der Waals surface area contributed by atoms with Gasteiger partial charge in [-0.2, -0.15) is 0 Å². The van der Waals surface area contributed by atoms with Crippen LogP contribution in [0.3, 0.4) is 0 Å². The van der Waals surface area contributed by atoms with Gasteiger partial charge in [0.2, 0.25) is 0 Å². The van der Waals surface area contributed by atoms with E-state index < -0.39 is 0 Å². The summed E-state index contributed by atoms with van der Waals surface area (Å²) in [5, 5.41) is 12.0. The van der Waals surface area contributed by atoms with Gasteiger partial charge in [0, 0.05) is 31.6 Å². The zero-order valence-corrected chi connectivity index (χ0v) is 9.74. The van der Waals surface area contributed by atoms with E-state index in [0.717, 1.165) is 25.8 Å². The fourth-order valence-corrected chi connectivity index (χ4v) is 1.82. The van der Waals surface area contributed by atoms with Crippen molar-refractivity contribution in [3.05, 3.63) is 24.0 Å². The number of rotatable bonds is 7. The van der Waals surface area contributed by atoms with Gasteiger partial charge in [-0.25, -0.2) is 0 Å². The van der Waals surface area contributed by atoms with Crippen LogP contribution < -0.4 is 5.32 Å². The maximum absolute atomic E-state index is 8.69. The van der Waals surface area contributed by atoms with Crippen LogP contribution in [0.4, 0.5) is 0 Å². The van der Waals surface area contributed by atoms with Crippen molar-refractivity contribution < 1.29 is 5.11 Å². The second kappa shape index (κ2) is 6.64. The SMILES string of the molecule is CCC(NC)c1ccn(CCCCO)c1. The van der Waals surface area contributed by atoms with Crippen molar-refractivity contribution in [3.8, 4) is 0 Å². The van der Waals surface area contributed by atoms with E-state index in [-0.39, 0.29) is 0 Å². The normalized spacial score (nSPS) is 13.0. The first-order chi connectivity index (χ1) is 7.31. The number of aromatic nitrogens is 1. The molecule has 0 saturated carbocycles. The number of nitrogens with one attached hydrogen (secondary N) is 1. The Balaban J connectivity index is 2.47. The lowest BCUT2D eigenvalue weighted by molar-refractivity contribution is 0.281. The molecule has 0 fully saturated rings. The molecule has 0 aliphatic rings. The lowest BCUT2D eigenvalue weighted by Gasteiger charge is -2.11. The van der Waals surface area contributed by atoms with Crippen LogP contribution in [0.15, 0.2) is 18.5 Å². The Kier molecular flexibility index (Phi) is 5.43. The van der Waals surface area contributed by atoms with Gasteiger partial charge in [-0.3, -0.25) is 0 Å². The Labute approximate surface area is 92.1 Å². The Morgan fingerprint density at radius 2 is 2.27 bits per heavy atom. The first-order valence-corrected chi connectivity index (χ1v) is 5.75. The van der Waals surface area contributed by atoms with Crippen LogP contribution in [0.25, 0.3) is 0 Å². The molecule has 1 rings (SSSR count). The van der Waals surface area contributed by atoms with E-state index in [1.54, 1.807) is 0 Å². The van der Waals surface area contributed by atoms with Gasteiger partial charge in [0.15, 0.2) is 0 Å². The third-order valence-electron chi connectivity index (χ3n) is 2.76. The van der Waals surface area contributed by atoms with Crippen molar-refractivity contribution in [3.63, 3.8) is 0 Å². The van der Waals surface area contributed by atoms with E-state index >= 15 is 0 Å². The molecule has 2 N–H and O–H groups in total. The molecule has 3 heteroatoms. The lowest BCUT2D eigenvalue weighted by Crippen LogP contribution is -2.14. The fourth-order valence-electron chi connectivity index (χ4n) is 1.82. The minimum atomic E-state index is 0.294. The number of aliphatic hydroxyl groups is 1. The molecule has 0 spiro atoms. The van der Waals surface area contributed by atoms with Crippen LogP contribution in [0.1, 0.15) is 37.8 Å². The Morgan fingerprint density at radius 3 is 2.87 bits per heavy atom. The Morgan fingerprint density at radius 1 is 1.47 bits per heavy atom. The largest absolute Gasteiger partial charge is 0.396 e. The molecule has 15 heavy (non-hydrogen) atoms. The molecule has 86 valence electrons. The van der Waals surface area contributed by atoms with Gasteiger partial charge >= 0.3 is 0 Å². The molecule has 1 atom stereocenters. The minimum Gasteiger partial charge on any atom is -0.396 e. The highest BCUT2D eigenvalue weighted by molar-refractivity contribution is 5.15. The first kappa shape index (κ1) is 12.3. The maximum atomic E-state index is 8.69. The van der Waals surface area contributed by atoms with Crippen molar-refractivity contribution in [2.75, 3.05) is 13.7 Å². The van der Waals surface area contributed by atoms with Gasteiger partial charge in [0.1, 0.15) is 0 Å². The van der Waals surface area contributed by atoms with Crippen molar-refractivity contribution >= 4 is 0 Å². The summed E-state index contributed by atoms with van der Waals surface area (Å²) in [4.78, 5) is 0. The van der Waals surface area contributed by atoms with Gasteiger partial charge in [0.05, 0.1) is 0 Å². The van der Waals surface area contributed by atoms with Crippen LogP contribution in [-0.4, -0.2) is 23.3 Å².